The number of esters is 1. The third kappa shape index (κ3) is 5.26. The van der Waals surface area contributed by atoms with E-state index >= 15 is 0 Å². The Bertz CT molecular complexity index is 918. The monoisotopic (exact) mass is 459 g/mol. The van der Waals surface area contributed by atoms with E-state index in [-0.39, 0.29) is 22.7 Å². The summed E-state index contributed by atoms with van der Waals surface area (Å²) in [5.41, 5.74) is 0.536. The number of benzene rings is 1. The highest BCUT2D eigenvalue weighted by atomic mass is 32.2. The summed E-state index contributed by atoms with van der Waals surface area (Å²) in [5.74, 6) is 0.868. The van der Waals surface area contributed by atoms with Gasteiger partial charge in [-0.05, 0) is 74.9 Å². The molecule has 5 nitrogen and oxygen atoms in total. The van der Waals surface area contributed by atoms with E-state index < -0.39 is 11.6 Å². The molecule has 1 fully saturated rings. The van der Waals surface area contributed by atoms with Gasteiger partial charge < -0.3 is 14.6 Å². The number of hydrogen-bond acceptors (Lipinski definition) is 7. The summed E-state index contributed by atoms with van der Waals surface area (Å²) in [6, 6.07) is 8.13. The van der Waals surface area contributed by atoms with Crippen LogP contribution in [0.4, 0.5) is 0 Å². The molecule has 7 heteroatoms. The average Bonchev–Trinajstić information content (AvgIpc) is 3.44. The summed E-state index contributed by atoms with van der Waals surface area (Å²) >= 11 is 2.65. The van der Waals surface area contributed by atoms with Crippen LogP contribution in [-0.2, 0) is 16.0 Å². The van der Waals surface area contributed by atoms with Crippen molar-refractivity contribution in [3.63, 3.8) is 0 Å². The van der Waals surface area contributed by atoms with Crippen molar-refractivity contribution in [2.75, 3.05) is 0 Å². The molecule has 31 heavy (non-hydrogen) atoms. The highest BCUT2D eigenvalue weighted by Gasteiger charge is 2.48. The van der Waals surface area contributed by atoms with Crippen molar-refractivity contribution in [1.82, 2.24) is 4.98 Å². The molecule has 1 aromatic carbocycles. The van der Waals surface area contributed by atoms with E-state index in [0.29, 0.717) is 12.8 Å². The van der Waals surface area contributed by atoms with Crippen molar-refractivity contribution in [2.45, 2.75) is 74.8 Å². The Morgan fingerprint density at radius 3 is 2.65 bits per heavy atom. The Labute approximate surface area is 191 Å². The number of carbonyl (C=O) groups is 1. The molecular weight excluding hydrogens is 430 g/mol. The Morgan fingerprint density at radius 2 is 2.03 bits per heavy atom. The van der Waals surface area contributed by atoms with Gasteiger partial charge in [-0.2, -0.15) is 0 Å². The largest absolute Gasteiger partial charge is 0.511 e. The molecule has 1 atom stereocenters. The quantitative estimate of drug-likeness (QED) is 0.467. The minimum Gasteiger partial charge on any atom is -0.511 e. The number of rotatable bonds is 8. The fraction of sp³-hybridized carbons (Fsp3) is 0.500. The van der Waals surface area contributed by atoms with Gasteiger partial charge in [0.1, 0.15) is 22.0 Å². The van der Waals surface area contributed by atoms with E-state index in [4.69, 9.17) is 9.47 Å². The van der Waals surface area contributed by atoms with Crippen LogP contribution in [0, 0.1) is 5.92 Å². The Kier molecular flexibility index (Phi) is 6.92. The van der Waals surface area contributed by atoms with E-state index in [1.165, 1.54) is 28.7 Å². The van der Waals surface area contributed by atoms with Crippen LogP contribution < -0.4 is 4.74 Å². The summed E-state index contributed by atoms with van der Waals surface area (Å²) in [6.45, 7) is 4.02. The van der Waals surface area contributed by atoms with Gasteiger partial charge in [-0.3, -0.25) is 0 Å². The van der Waals surface area contributed by atoms with Gasteiger partial charge in [-0.25, -0.2) is 9.78 Å². The maximum Gasteiger partial charge on any atom is 0.349 e. The zero-order valence-electron chi connectivity index (χ0n) is 18.0. The highest BCUT2D eigenvalue weighted by Crippen LogP contribution is 2.48. The maximum atomic E-state index is 13.0. The van der Waals surface area contributed by atoms with E-state index in [9.17, 15) is 9.90 Å². The topological polar surface area (TPSA) is 68.7 Å². The van der Waals surface area contributed by atoms with Gasteiger partial charge in [0.05, 0.1) is 6.10 Å². The van der Waals surface area contributed by atoms with Gasteiger partial charge >= 0.3 is 5.97 Å². The number of aliphatic hydroxyl groups excluding tert-OH is 1. The number of thioether (sulfide) groups is 1. The van der Waals surface area contributed by atoms with Gasteiger partial charge in [-0.15, -0.1) is 11.3 Å². The summed E-state index contributed by atoms with van der Waals surface area (Å²) in [7, 11) is 0. The minimum atomic E-state index is -0.641. The molecule has 1 N–H and O–H groups in total. The number of carbonyl (C=O) groups excluding carboxylic acids is 1. The first-order valence-corrected chi connectivity index (χ1v) is 12.6. The predicted octanol–water partition coefficient (Wildman–Crippen LogP) is 6.30. The van der Waals surface area contributed by atoms with Crippen molar-refractivity contribution in [3.8, 4) is 5.75 Å². The minimum absolute atomic E-state index is 0.143. The first kappa shape index (κ1) is 22.2. The molecule has 1 aliphatic carbocycles. The molecule has 1 unspecified atom stereocenters. The molecule has 0 saturated heterocycles. The standard InChI is InChI=1S/C24H29NO4S2/c1-16(2)28-19-9-7-17(8-10-19)11-12-24(18-5-3-4-6-18)15-20(26)21(22(27)29-24)31-23-25-13-14-30-23/h7-10,13-14,16,18,26H,3-6,11-12,15H2,1-2H3. The summed E-state index contributed by atoms with van der Waals surface area (Å²) in [4.78, 5) is 17.5. The fourth-order valence-electron chi connectivity index (χ4n) is 4.58. The molecule has 4 rings (SSSR count). The molecule has 166 valence electrons. The lowest BCUT2D eigenvalue weighted by Gasteiger charge is -2.41. The number of thiazole rings is 1. The van der Waals surface area contributed by atoms with Crippen molar-refractivity contribution >= 4 is 29.1 Å². The number of aromatic nitrogens is 1. The van der Waals surface area contributed by atoms with Gasteiger partial charge in [0, 0.05) is 18.0 Å². The van der Waals surface area contributed by atoms with Gasteiger partial charge in [-0.1, -0.05) is 25.0 Å². The second-order valence-electron chi connectivity index (χ2n) is 8.60. The Morgan fingerprint density at radius 1 is 1.29 bits per heavy atom. The molecule has 1 aromatic heterocycles. The summed E-state index contributed by atoms with van der Waals surface area (Å²) in [6.07, 6.45) is 8.08. The molecular formula is C24H29NO4S2. The number of nitrogens with zero attached hydrogens (tertiary/aromatic N) is 1. The van der Waals surface area contributed by atoms with Crippen molar-refractivity contribution in [2.24, 2.45) is 5.92 Å². The molecule has 0 spiro atoms. The molecule has 2 aliphatic rings. The second-order valence-corrected chi connectivity index (χ2v) is 10.8. The van der Waals surface area contributed by atoms with E-state index in [1.54, 1.807) is 6.20 Å². The number of hydrogen-bond donors (Lipinski definition) is 1. The van der Waals surface area contributed by atoms with Crippen molar-refractivity contribution in [3.05, 3.63) is 52.1 Å². The van der Waals surface area contributed by atoms with Crippen molar-refractivity contribution < 1.29 is 19.4 Å². The SMILES string of the molecule is CC(C)Oc1ccc(CCC2(C3CCCC3)CC(O)=C(Sc3nccs3)C(=O)O2)cc1. The van der Waals surface area contributed by atoms with Gasteiger partial charge in [0.25, 0.3) is 0 Å². The second kappa shape index (κ2) is 9.65. The third-order valence-electron chi connectivity index (χ3n) is 6.04. The highest BCUT2D eigenvalue weighted by molar-refractivity contribution is 8.05. The van der Waals surface area contributed by atoms with Crippen LogP contribution in [0.1, 0.15) is 57.9 Å². The first-order chi connectivity index (χ1) is 14.9. The number of aryl methyl sites for hydroxylation is 1. The van der Waals surface area contributed by atoms with E-state index in [2.05, 4.69) is 17.1 Å². The summed E-state index contributed by atoms with van der Waals surface area (Å²) < 4.78 is 12.6. The maximum absolute atomic E-state index is 13.0. The number of aliphatic hydroxyl groups is 1. The first-order valence-electron chi connectivity index (χ1n) is 10.9. The Balaban J connectivity index is 1.51. The predicted molar refractivity (Wildman–Crippen MR) is 124 cm³/mol. The van der Waals surface area contributed by atoms with Crippen LogP contribution in [0.5, 0.6) is 5.75 Å². The fourth-order valence-corrected chi connectivity index (χ4v) is 6.16. The lowest BCUT2D eigenvalue weighted by Crippen LogP contribution is -2.45. The third-order valence-corrected chi connectivity index (χ3v) is 8.03. The number of ether oxygens (including phenoxy) is 2. The zero-order valence-corrected chi connectivity index (χ0v) is 19.6. The van der Waals surface area contributed by atoms with Crippen LogP contribution in [0.3, 0.4) is 0 Å². The number of cyclic esters (lactones) is 1. The van der Waals surface area contributed by atoms with E-state index in [1.807, 2.05) is 31.4 Å². The van der Waals surface area contributed by atoms with Crippen molar-refractivity contribution in [1.29, 1.82) is 0 Å². The van der Waals surface area contributed by atoms with Gasteiger partial charge in [0.2, 0.25) is 0 Å². The van der Waals surface area contributed by atoms with Crippen LogP contribution in [0.25, 0.3) is 0 Å². The van der Waals surface area contributed by atoms with E-state index in [0.717, 1.165) is 42.2 Å². The Hall–Kier alpha value is -1.99. The molecule has 1 saturated carbocycles. The van der Waals surface area contributed by atoms with Crippen LogP contribution in [0.15, 0.2) is 50.8 Å². The summed E-state index contributed by atoms with van der Waals surface area (Å²) in [5, 5.41) is 12.7. The van der Waals surface area contributed by atoms with Crippen LogP contribution >= 0.6 is 23.1 Å². The van der Waals surface area contributed by atoms with Crippen LogP contribution in [0.2, 0.25) is 0 Å². The average molecular weight is 460 g/mol. The van der Waals surface area contributed by atoms with Gasteiger partial charge in [0.15, 0.2) is 4.34 Å². The molecule has 0 amide bonds. The lowest BCUT2D eigenvalue weighted by atomic mass is 9.77. The normalized spacial score (nSPS) is 22.2. The molecule has 2 aromatic rings. The molecule has 0 radical (unpaired) electrons. The molecule has 2 heterocycles. The molecule has 1 aliphatic heterocycles. The van der Waals surface area contributed by atoms with Crippen LogP contribution in [-0.4, -0.2) is 27.8 Å². The zero-order chi connectivity index (χ0) is 21.8. The smallest absolute Gasteiger partial charge is 0.349 e. The lowest BCUT2D eigenvalue weighted by molar-refractivity contribution is -0.166. The molecule has 0 bridgehead atoms.